The van der Waals surface area contributed by atoms with Gasteiger partial charge in [0.05, 0.1) is 6.61 Å². The van der Waals surface area contributed by atoms with Crippen molar-refractivity contribution in [3.8, 4) is 17.6 Å². The van der Waals surface area contributed by atoms with E-state index < -0.39 is 11.7 Å². The molecule has 0 heterocycles. The number of rotatable bonds is 7. The Balaban J connectivity index is 1.49. The molecule has 0 saturated heterocycles. The third kappa shape index (κ3) is 4.75. The number of halogens is 1. The molecule has 2 aromatic carbocycles. The molecule has 34 heavy (non-hydrogen) atoms. The number of hydrogen-bond acceptors (Lipinski definition) is 4. The molecule has 178 valence electrons. The second kappa shape index (κ2) is 9.74. The Morgan fingerprint density at radius 3 is 2.15 bits per heavy atom. The van der Waals surface area contributed by atoms with Crippen LogP contribution in [0.2, 0.25) is 0 Å². The SMILES string of the molecule is CCOC(OC)Oc1ccc(C#Cc2ccc(C(=O)Cl)cc2)cc1C12CC3CC(CC(C3)C1)C2. The first kappa shape index (κ1) is 23.4. The van der Waals surface area contributed by atoms with Crippen LogP contribution in [0.15, 0.2) is 42.5 Å². The number of carbonyl (C=O) groups is 1. The number of benzene rings is 2. The first-order valence-electron chi connectivity index (χ1n) is 12.3. The molecule has 4 aliphatic rings. The lowest BCUT2D eigenvalue weighted by atomic mass is 9.48. The smallest absolute Gasteiger partial charge is 0.315 e. The van der Waals surface area contributed by atoms with Crippen LogP contribution in [0.25, 0.3) is 0 Å². The molecule has 4 aliphatic carbocycles. The molecule has 4 bridgehead atoms. The van der Waals surface area contributed by atoms with E-state index in [-0.39, 0.29) is 5.41 Å². The van der Waals surface area contributed by atoms with Gasteiger partial charge in [-0.15, -0.1) is 0 Å². The Morgan fingerprint density at radius 2 is 1.59 bits per heavy atom. The molecule has 0 aliphatic heterocycles. The highest BCUT2D eigenvalue weighted by atomic mass is 35.5. The second-order valence-electron chi connectivity index (χ2n) is 10.1. The van der Waals surface area contributed by atoms with Crippen LogP contribution in [0.3, 0.4) is 0 Å². The standard InChI is InChI=1S/C29H31ClO4/c1-3-33-28(32-2)34-26-11-8-20(5-4-19-6-9-24(10-7-19)27(30)31)15-25(26)29-16-21-12-22(17-29)14-23(13-21)18-29/h6-11,15,21-23,28H,3,12-14,16-18H2,1-2H3. The Morgan fingerprint density at radius 1 is 1.00 bits per heavy atom. The Kier molecular flexibility index (Phi) is 6.71. The Labute approximate surface area is 206 Å². The van der Waals surface area contributed by atoms with Gasteiger partial charge in [0.25, 0.3) is 5.24 Å². The zero-order valence-corrected chi connectivity index (χ0v) is 20.6. The maximum Gasteiger partial charge on any atom is 0.315 e. The summed E-state index contributed by atoms with van der Waals surface area (Å²) in [5.74, 6) is 9.85. The highest BCUT2D eigenvalue weighted by Crippen LogP contribution is 2.62. The maximum atomic E-state index is 11.3. The van der Waals surface area contributed by atoms with Gasteiger partial charge < -0.3 is 14.2 Å². The summed E-state index contributed by atoms with van der Waals surface area (Å²) in [6, 6.07) is 13.3. The van der Waals surface area contributed by atoms with E-state index in [1.165, 1.54) is 44.1 Å². The lowest BCUT2D eigenvalue weighted by Crippen LogP contribution is -2.48. The van der Waals surface area contributed by atoms with Crippen molar-refractivity contribution >= 4 is 16.8 Å². The van der Waals surface area contributed by atoms with Gasteiger partial charge in [-0.05, 0) is 123 Å². The summed E-state index contributed by atoms with van der Waals surface area (Å²) < 4.78 is 17.3. The van der Waals surface area contributed by atoms with E-state index in [9.17, 15) is 4.79 Å². The Hall–Kier alpha value is -2.32. The number of methoxy groups -OCH3 is 1. The van der Waals surface area contributed by atoms with Crippen LogP contribution < -0.4 is 4.74 Å². The third-order valence-electron chi connectivity index (χ3n) is 7.77. The van der Waals surface area contributed by atoms with Crippen molar-refractivity contribution in [3.63, 3.8) is 0 Å². The summed E-state index contributed by atoms with van der Waals surface area (Å²) in [7, 11) is 1.60. The van der Waals surface area contributed by atoms with E-state index in [0.29, 0.717) is 12.2 Å². The van der Waals surface area contributed by atoms with Crippen LogP contribution in [-0.4, -0.2) is 25.4 Å². The molecule has 1 atom stereocenters. The third-order valence-corrected chi connectivity index (χ3v) is 7.99. The molecule has 6 rings (SSSR count). The van der Waals surface area contributed by atoms with Crippen molar-refractivity contribution in [2.45, 2.75) is 57.3 Å². The van der Waals surface area contributed by atoms with E-state index in [1.54, 1.807) is 19.2 Å². The molecule has 4 saturated carbocycles. The maximum absolute atomic E-state index is 11.3. The van der Waals surface area contributed by atoms with E-state index in [2.05, 4.69) is 17.9 Å². The van der Waals surface area contributed by atoms with Gasteiger partial charge in [0.2, 0.25) is 0 Å². The zero-order valence-electron chi connectivity index (χ0n) is 19.8. The average molecular weight is 479 g/mol. The van der Waals surface area contributed by atoms with Crippen molar-refractivity contribution in [3.05, 3.63) is 64.7 Å². The fraction of sp³-hybridized carbons (Fsp3) is 0.483. The predicted molar refractivity (Wildman–Crippen MR) is 132 cm³/mol. The van der Waals surface area contributed by atoms with E-state index in [0.717, 1.165) is 34.6 Å². The molecule has 1 unspecified atom stereocenters. The monoisotopic (exact) mass is 478 g/mol. The van der Waals surface area contributed by atoms with Crippen molar-refractivity contribution in [1.29, 1.82) is 0 Å². The van der Waals surface area contributed by atoms with E-state index in [1.807, 2.05) is 31.2 Å². The molecule has 0 radical (unpaired) electrons. The fourth-order valence-electron chi connectivity index (χ4n) is 6.78. The second-order valence-corrected chi connectivity index (χ2v) is 10.5. The Bertz CT molecular complexity index is 1080. The van der Waals surface area contributed by atoms with Gasteiger partial charge in [-0.3, -0.25) is 4.79 Å². The van der Waals surface area contributed by atoms with Gasteiger partial charge in [-0.25, -0.2) is 0 Å². The first-order chi connectivity index (χ1) is 16.5. The van der Waals surface area contributed by atoms with Crippen molar-refractivity contribution in [2.75, 3.05) is 13.7 Å². The van der Waals surface area contributed by atoms with Gasteiger partial charge in [0.1, 0.15) is 5.75 Å². The van der Waals surface area contributed by atoms with Crippen LogP contribution in [0.5, 0.6) is 5.75 Å². The molecule has 4 nitrogen and oxygen atoms in total. The number of ether oxygens (including phenoxy) is 3. The molecule has 2 aromatic rings. The minimum atomic E-state index is -0.724. The van der Waals surface area contributed by atoms with Crippen LogP contribution in [-0.2, 0) is 14.9 Å². The summed E-state index contributed by atoms with van der Waals surface area (Å²) in [6.07, 6.45) is 7.84. The first-order valence-corrected chi connectivity index (χ1v) is 12.6. The van der Waals surface area contributed by atoms with Gasteiger partial charge in [-0.1, -0.05) is 11.8 Å². The van der Waals surface area contributed by atoms with Crippen molar-refractivity contribution in [2.24, 2.45) is 17.8 Å². The lowest BCUT2D eigenvalue weighted by molar-refractivity contribution is -0.231. The highest BCUT2D eigenvalue weighted by Gasteiger charge is 2.52. The summed E-state index contributed by atoms with van der Waals surface area (Å²) >= 11 is 5.55. The van der Waals surface area contributed by atoms with Crippen LogP contribution >= 0.6 is 11.6 Å². The molecule has 0 spiro atoms. The molecular formula is C29H31ClO4. The predicted octanol–water partition coefficient (Wildman–Crippen LogP) is 6.28. The van der Waals surface area contributed by atoms with Crippen molar-refractivity contribution in [1.82, 2.24) is 0 Å². The van der Waals surface area contributed by atoms with Gasteiger partial charge in [0, 0.05) is 29.4 Å². The minimum Gasteiger partial charge on any atom is -0.441 e. The molecule has 4 fully saturated rings. The van der Waals surface area contributed by atoms with Crippen LogP contribution in [0.1, 0.15) is 72.5 Å². The van der Waals surface area contributed by atoms with Gasteiger partial charge >= 0.3 is 6.48 Å². The van der Waals surface area contributed by atoms with Crippen molar-refractivity contribution < 1.29 is 19.0 Å². The largest absolute Gasteiger partial charge is 0.441 e. The number of hydrogen-bond donors (Lipinski definition) is 0. The van der Waals surface area contributed by atoms with Gasteiger partial charge in [-0.2, -0.15) is 0 Å². The zero-order chi connectivity index (χ0) is 23.7. The topological polar surface area (TPSA) is 44.8 Å². The summed E-state index contributed by atoms with van der Waals surface area (Å²) in [5, 5.41) is -0.461. The molecule has 5 heteroatoms. The van der Waals surface area contributed by atoms with Gasteiger partial charge in [0.15, 0.2) is 0 Å². The number of carbonyl (C=O) groups excluding carboxylic acids is 1. The minimum absolute atomic E-state index is 0.147. The highest BCUT2D eigenvalue weighted by molar-refractivity contribution is 6.67. The van der Waals surface area contributed by atoms with E-state index >= 15 is 0 Å². The summed E-state index contributed by atoms with van der Waals surface area (Å²) in [4.78, 5) is 11.3. The van der Waals surface area contributed by atoms with Crippen LogP contribution in [0.4, 0.5) is 0 Å². The normalized spacial score (nSPS) is 27.7. The summed E-state index contributed by atoms with van der Waals surface area (Å²) in [5.41, 5.74) is 3.67. The molecular weight excluding hydrogens is 448 g/mol. The quantitative estimate of drug-likeness (QED) is 0.267. The molecule has 0 amide bonds. The average Bonchev–Trinajstić information content (AvgIpc) is 2.82. The van der Waals surface area contributed by atoms with E-state index in [4.69, 9.17) is 25.8 Å². The molecule has 0 aromatic heterocycles. The van der Waals surface area contributed by atoms with Crippen LogP contribution in [0, 0.1) is 29.6 Å². The summed E-state index contributed by atoms with van der Waals surface area (Å²) in [6.45, 7) is 1.73. The lowest BCUT2D eigenvalue weighted by Gasteiger charge is -2.57. The molecule has 0 N–H and O–H groups in total. The fourth-order valence-corrected chi connectivity index (χ4v) is 6.91.